The molecule has 0 spiro atoms. The van der Waals surface area contributed by atoms with Crippen molar-refractivity contribution in [1.29, 1.82) is 0 Å². The van der Waals surface area contributed by atoms with E-state index in [1.165, 1.54) is 12.3 Å². The highest BCUT2D eigenvalue weighted by molar-refractivity contribution is 6.31. The maximum absolute atomic E-state index is 14.2. The lowest BCUT2D eigenvalue weighted by atomic mass is 9.94. The zero-order valence-electron chi connectivity index (χ0n) is 19.3. The van der Waals surface area contributed by atoms with Gasteiger partial charge in [0, 0.05) is 35.4 Å². The van der Waals surface area contributed by atoms with E-state index in [1.807, 2.05) is 0 Å². The summed E-state index contributed by atoms with van der Waals surface area (Å²) < 4.78 is 47.1. The van der Waals surface area contributed by atoms with Crippen LogP contribution in [0, 0.1) is 12.7 Å². The fraction of sp³-hybridized carbons (Fsp3) is 0.333. The van der Waals surface area contributed by atoms with Crippen LogP contribution < -0.4 is 5.32 Å². The lowest BCUT2D eigenvalue weighted by Gasteiger charge is -2.31. The van der Waals surface area contributed by atoms with Crippen LogP contribution in [0.25, 0.3) is 0 Å². The second-order valence-corrected chi connectivity index (χ2v) is 8.95. The highest BCUT2D eigenvalue weighted by Gasteiger charge is 2.49. The van der Waals surface area contributed by atoms with Crippen LogP contribution in [-0.2, 0) is 14.3 Å². The maximum Gasteiger partial charge on any atom is 0.338 e. The Labute approximate surface area is 209 Å². The minimum atomic E-state index is -3.22. The van der Waals surface area contributed by atoms with Gasteiger partial charge in [-0.05, 0) is 30.7 Å². The van der Waals surface area contributed by atoms with Crippen molar-refractivity contribution in [2.24, 2.45) is 4.99 Å². The number of aryl methyl sites for hydroxylation is 1. The zero-order chi connectivity index (χ0) is 26.2. The molecule has 0 amide bonds. The molecule has 2 aromatic rings. The van der Waals surface area contributed by atoms with E-state index in [4.69, 9.17) is 16.3 Å². The summed E-state index contributed by atoms with van der Waals surface area (Å²) in [5.74, 6) is -5.86. The van der Waals surface area contributed by atoms with E-state index in [2.05, 4.69) is 15.3 Å². The van der Waals surface area contributed by atoms with Crippen molar-refractivity contribution in [3.05, 3.63) is 75.5 Å². The second kappa shape index (κ2) is 9.90. The topological polar surface area (TPSA) is 104 Å². The average Bonchev–Trinajstić information content (AvgIpc) is 3.12. The smallest absolute Gasteiger partial charge is 0.338 e. The summed E-state index contributed by atoms with van der Waals surface area (Å²) in [6.07, 6.45) is 0.670. The molecular formula is C24H22ClF3N4O4. The minimum Gasteiger partial charge on any atom is -0.480 e. The highest BCUT2D eigenvalue weighted by atomic mass is 35.5. The summed E-state index contributed by atoms with van der Waals surface area (Å²) in [6.45, 7) is 0.616. The molecule has 1 aromatic heterocycles. The van der Waals surface area contributed by atoms with Crippen molar-refractivity contribution in [2.75, 3.05) is 20.2 Å². The number of carbonyl (C=O) groups is 2. The Morgan fingerprint density at radius 2 is 2.08 bits per heavy atom. The zero-order valence-corrected chi connectivity index (χ0v) is 20.0. The largest absolute Gasteiger partial charge is 0.480 e. The number of aromatic nitrogens is 1. The molecule has 0 bridgehead atoms. The number of hydrogen-bond acceptors (Lipinski definition) is 7. The van der Waals surface area contributed by atoms with E-state index < -0.39 is 48.7 Å². The number of benzene rings is 1. The maximum atomic E-state index is 14.2. The molecule has 36 heavy (non-hydrogen) atoms. The molecule has 2 aliphatic heterocycles. The van der Waals surface area contributed by atoms with E-state index in [9.17, 15) is 27.9 Å². The van der Waals surface area contributed by atoms with Crippen molar-refractivity contribution >= 4 is 29.4 Å². The SMILES string of the molecule is COC(=O)C1=C(CN2CC(F)(F)CC2C(=O)O)NC(c2ncccc2C)=N[C@H]1c1ccc(F)cc1Cl. The van der Waals surface area contributed by atoms with Crippen LogP contribution in [0.15, 0.2) is 52.8 Å². The summed E-state index contributed by atoms with van der Waals surface area (Å²) in [5, 5.41) is 12.5. The predicted octanol–water partition coefficient (Wildman–Crippen LogP) is 3.49. The fourth-order valence-electron chi connectivity index (χ4n) is 4.37. The van der Waals surface area contributed by atoms with Gasteiger partial charge in [0.15, 0.2) is 5.84 Å². The molecule has 2 aliphatic rings. The lowest BCUT2D eigenvalue weighted by Crippen LogP contribution is -2.43. The quantitative estimate of drug-likeness (QED) is 0.560. The average molecular weight is 523 g/mol. The summed E-state index contributed by atoms with van der Waals surface area (Å²) >= 11 is 6.31. The number of aliphatic carboxylic acids is 1. The van der Waals surface area contributed by atoms with Gasteiger partial charge in [-0.1, -0.05) is 23.7 Å². The Bertz CT molecular complexity index is 1280. The van der Waals surface area contributed by atoms with Gasteiger partial charge in [0.1, 0.15) is 23.6 Å². The van der Waals surface area contributed by atoms with Gasteiger partial charge in [-0.2, -0.15) is 0 Å². The minimum absolute atomic E-state index is 0.0142. The van der Waals surface area contributed by atoms with E-state index in [0.717, 1.165) is 29.7 Å². The Morgan fingerprint density at radius 1 is 1.33 bits per heavy atom. The van der Waals surface area contributed by atoms with Gasteiger partial charge in [-0.15, -0.1) is 0 Å². The number of carboxylic acids is 1. The van der Waals surface area contributed by atoms with Crippen molar-refractivity contribution in [3.8, 4) is 0 Å². The number of aliphatic imine (C=N–C) groups is 1. The van der Waals surface area contributed by atoms with Crippen molar-refractivity contribution in [3.63, 3.8) is 0 Å². The Morgan fingerprint density at radius 3 is 2.72 bits per heavy atom. The molecule has 2 atom stereocenters. The lowest BCUT2D eigenvalue weighted by molar-refractivity contribution is -0.142. The summed E-state index contributed by atoms with van der Waals surface area (Å²) in [7, 11) is 1.14. The number of methoxy groups -OCH3 is 1. The first-order valence-electron chi connectivity index (χ1n) is 10.9. The van der Waals surface area contributed by atoms with Gasteiger partial charge in [0.25, 0.3) is 5.92 Å². The fourth-order valence-corrected chi connectivity index (χ4v) is 4.64. The van der Waals surface area contributed by atoms with Gasteiger partial charge in [-0.25, -0.2) is 18.0 Å². The van der Waals surface area contributed by atoms with E-state index >= 15 is 0 Å². The van der Waals surface area contributed by atoms with E-state index in [0.29, 0.717) is 5.69 Å². The van der Waals surface area contributed by atoms with Crippen LogP contribution in [-0.4, -0.2) is 64.9 Å². The van der Waals surface area contributed by atoms with Gasteiger partial charge >= 0.3 is 11.9 Å². The first kappa shape index (κ1) is 25.6. The van der Waals surface area contributed by atoms with Crippen LogP contribution in [0.1, 0.15) is 29.3 Å². The first-order valence-corrected chi connectivity index (χ1v) is 11.3. The Hall–Kier alpha value is -3.44. The van der Waals surface area contributed by atoms with Crippen molar-refractivity contribution in [2.45, 2.75) is 31.4 Å². The Kier molecular flexibility index (Phi) is 7.05. The molecule has 0 saturated carbocycles. The third kappa shape index (κ3) is 5.07. The molecule has 8 nitrogen and oxygen atoms in total. The number of halogens is 4. The van der Waals surface area contributed by atoms with Gasteiger partial charge in [-0.3, -0.25) is 19.7 Å². The number of rotatable bonds is 6. The van der Waals surface area contributed by atoms with Crippen LogP contribution in [0.3, 0.4) is 0 Å². The molecule has 1 unspecified atom stereocenters. The number of pyridine rings is 1. The number of hydrogen-bond donors (Lipinski definition) is 2. The second-order valence-electron chi connectivity index (χ2n) is 8.54. The number of nitrogens with zero attached hydrogens (tertiary/aromatic N) is 3. The number of amidine groups is 1. The molecule has 1 fully saturated rings. The molecule has 190 valence electrons. The van der Waals surface area contributed by atoms with E-state index in [1.54, 1.807) is 19.1 Å². The van der Waals surface area contributed by atoms with Crippen LogP contribution >= 0.6 is 11.6 Å². The molecule has 1 saturated heterocycles. The van der Waals surface area contributed by atoms with Gasteiger partial charge in [0.05, 0.1) is 19.2 Å². The normalized spacial score (nSPS) is 21.7. The molecule has 3 heterocycles. The standard InChI is InChI=1S/C24H22ClF3N4O4/c1-12-4-3-7-29-19(12)21-30-16(10-32-11-24(27,28)9-17(32)22(33)34)18(23(35)36-2)20(31-21)14-6-5-13(26)8-15(14)25/h3-8,17,20H,9-11H2,1-2H3,(H,30,31)(H,33,34)/t17?,20-/m0/s1. The van der Waals surface area contributed by atoms with Gasteiger partial charge in [0.2, 0.25) is 0 Å². The monoisotopic (exact) mass is 522 g/mol. The van der Waals surface area contributed by atoms with Crippen molar-refractivity contribution < 1.29 is 32.6 Å². The first-order chi connectivity index (χ1) is 17.0. The molecule has 0 radical (unpaired) electrons. The van der Waals surface area contributed by atoms with Gasteiger partial charge < -0.3 is 15.2 Å². The molecule has 12 heteroatoms. The number of likely N-dealkylation sites (tertiary alicyclic amines) is 1. The number of nitrogens with one attached hydrogen (secondary N) is 1. The number of ether oxygens (including phenoxy) is 1. The number of esters is 1. The molecule has 2 N–H and O–H groups in total. The van der Waals surface area contributed by atoms with Crippen LogP contribution in [0.5, 0.6) is 0 Å². The summed E-state index contributed by atoms with van der Waals surface area (Å²) in [5.41, 5.74) is 1.45. The summed E-state index contributed by atoms with van der Waals surface area (Å²) in [6, 6.07) is 4.51. The van der Waals surface area contributed by atoms with Crippen LogP contribution in [0.2, 0.25) is 5.02 Å². The number of carboxylic acid groups (broad SMARTS) is 1. The molecule has 1 aromatic carbocycles. The summed E-state index contributed by atoms with van der Waals surface area (Å²) in [4.78, 5) is 34.7. The third-order valence-corrected chi connectivity index (χ3v) is 6.36. The number of carbonyl (C=O) groups excluding carboxylic acids is 1. The third-order valence-electron chi connectivity index (χ3n) is 6.04. The number of alkyl halides is 2. The molecular weight excluding hydrogens is 501 g/mol. The van der Waals surface area contributed by atoms with Crippen molar-refractivity contribution in [1.82, 2.24) is 15.2 Å². The molecule has 0 aliphatic carbocycles. The molecule has 4 rings (SSSR count). The predicted molar refractivity (Wildman–Crippen MR) is 124 cm³/mol. The highest BCUT2D eigenvalue weighted by Crippen LogP contribution is 2.38. The van der Waals surface area contributed by atoms with E-state index in [-0.39, 0.29) is 34.2 Å². The van der Waals surface area contributed by atoms with Crippen LogP contribution in [0.4, 0.5) is 13.2 Å². The Balaban J connectivity index is 1.88.